The van der Waals surface area contributed by atoms with Gasteiger partial charge in [0.2, 0.25) is 0 Å². The van der Waals surface area contributed by atoms with Gasteiger partial charge in [-0.2, -0.15) is 0 Å². The van der Waals surface area contributed by atoms with Crippen LogP contribution in [0.15, 0.2) is 59.5 Å². The van der Waals surface area contributed by atoms with Crippen molar-refractivity contribution in [1.29, 1.82) is 0 Å². The Morgan fingerprint density at radius 2 is 1.84 bits per heavy atom. The number of benzene rings is 2. The second-order valence-corrected chi connectivity index (χ2v) is 9.57. The average Bonchev–Trinajstić information content (AvgIpc) is 3.09. The molecule has 2 aromatic carbocycles. The van der Waals surface area contributed by atoms with Gasteiger partial charge >= 0.3 is 0 Å². The van der Waals surface area contributed by atoms with E-state index in [2.05, 4.69) is 36.2 Å². The van der Waals surface area contributed by atoms with Crippen LogP contribution in [0.2, 0.25) is 0 Å². The summed E-state index contributed by atoms with van der Waals surface area (Å²) in [4.78, 5) is 16.4. The van der Waals surface area contributed by atoms with Crippen LogP contribution >= 0.6 is 11.8 Å². The molecule has 164 valence electrons. The van der Waals surface area contributed by atoms with Crippen molar-refractivity contribution in [1.82, 2.24) is 4.90 Å². The van der Waals surface area contributed by atoms with Crippen LogP contribution in [0.1, 0.15) is 51.5 Å². The molecule has 2 aliphatic rings. The topological polar surface area (TPSA) is 41.6 Å². The van der Waals surface area contributed by atoms with Crippen LogP contribution in [0.3, 0.4) is 0 Å². The number of anilines is 1. The third kappa shape index (κ3) is 5.27. The van der Waals surface area contributed by atoms with E-state index in [0.717, 1.165) is 41.4 Å². The number of rotatable bonds is 7. The highest BCUT2D eigenvalue weighted by atomic mass is 32.2. The van der Waals surface area contributed by atoms with Crippen molar-refractivity contribution in [2.24, 2.45) is 5.92 Å². The number of hydrogen-bond acceptors (Lipinski definition) is 4. The number of para-hydroxylation sites is 1. The molecule has 1 saturated heterocycles. The highest BCUT2D eigenvalue weighted by molar-refractivity contribution is 8.05. The van der Waals surface area contributed by atoms with Crippen molar-refractivity contribution in [3.63, 3.8) is 0 Å². The Labute approximate surface area is 190 Å². The predicted molar refractivity (Wildman–Crippen MR) is 130 cm³/mol. The lowest BCUT2D eigenvalue weighted by Gasteiger charge is -2.39. The van der Waals surface area contributed by atoms with Crippen LogP contribution < -0.4 is 10.1 Å². The maximum atomic E-state index is 13.5. The lowest BCUT2D eigenvalue weighted by molar-refractivity contribution is -0.129. The van der Waals surface area contributed by atoms with Crippen molar-refractivity contribution in [2.75, 3.05) is 11.9 Å². The minimum absolute atomic E-state index is 0.0844. The third-order valence-electron chi connectivity index (χ3n) is 6.07. The molecule has 31 heavy (non-hydrogen) atoms. The van der Waals surface area contributed by atoms with Gasteiger partial charge in [-0.15, -0.1) is 0 Å². The molecule has 1 N–H and O–H groups in total. The van der Waals surface area contributed by atoms with Crippen molar-refractivity contribution < 1.29 is 9.53 Å². The number of amides is 1. The van der Waals surface area contributed by atoms with Gasteiger partial charge in [0.15, 0.2) is 5.50 Å². The molecule has 0 radical (unpaired) electrons. The largest absolute Gasteiger partial charge is 0.494 e. The van der Waals surface area contributed by atoms with Gasteiger partial charge in [-0.05, 0) is 61.1 Å². The van der Waals surface area contributed by atoms with Gasteiger partial charge in [0.05, 0.1) is 11.5 Å². The first-order chi connectivity index (χ1) is 15.2. The molecule has 1 heterocycles. The Kier molecular flexibility index (Phi) is 7.23. The number of hydrogen-bond donors (Lipinski definition) is 1. The number of carbonyl (C=O) groups excluding carboxylic acids is 1. The van der Waals surface area contributed by atoms with Gasteiger partial charge in [-0.1, -0.05) is 68.8 Å². The summed E-state index contributed by atoms with van der Waals surface area (Å²) in [5, 5.41) is 3.59. The summed E-state index contributed by atoms with van der Waals surface area (Å²) >= 11 is 1.63. The molecule has 1 aliphatic heterocycles. The quantitative estimate of drug-likeness (QED) is 0.512. The smallest absolute Gasteiger partial charge is 0.262 e. The highest BCUT2D eigenvalue weighted by Crippen LogP contribution is 2.42. The van der Waals surface area contributed by atoms with E-state index in [9.17, 15) is 4.79 Å². The molecule has 1 unspecified atom stereocenters. The van der Waals surface area contributed by atoms with Gasteiger partial charge in [-0.3, -0.25) is 4.79 Å². The summed E-state index contributed by atoms with van der Waals surface area (Å²) in [7, 11) is 0. The van der Waals surface area contributed by atoms with E-state index in [0.29, 0.717) is 5.92 Å². The fourth-order valence-electron chi connectivity index (χ4n) is 4.40. The van der Waals surface area contributed by atoms with E-state index in [4.69, 9.17) is 4.74 Å². The molecule has 4 nitrogen and oxygen atoms in total. The Hall–Kier alpha value is -2.40. The SMILES string of the molecule is CCCOc1ccc(/C=C2\SC(Nc3ccccc3)N([C@H]3CCCC[C@H]3C)C2=O)cc1. The van der Waals surface area contributed by atoms with Crippen LogP contribution in [0.25, 0.3) is 6.08 Å². The third-order valence-corrected chi connectivity index (χ3v) is 7.19. The molecule has 1 aliphatic carbocycles. The fourth-order valence-corrected chi connectivity index (χ4v) is 5.61. The summed E-state index contributed by atoms with van der Waals surface area (Å²) in [5.41, 5.74) is 1.98. The first kappa shape index (κ1) is 21.8. The Morgan fingerprint density at radius 1 is 1.10 bits per heavy atom. The first-order valence-corrected chi connectivity index (χ1v) is 12.3. The number of nitrogens with one attached hydrogen (secondary N) is 1. The van der Waals surface area contributed by atoms with Crippen LogP contribution in [0, 0.1) is 5.92 Å². The van der Waals surface area contributed by atoms with Crippen molar-refractivity contribution in [3.05, 3.63) is 65.1 Å². The molecule has 1 saturated carbocycles. The van der Waals surface area contributed by atoms with Gasteiger partial charge in [0.1, 0.15) is 5.75 Å². The van der Waals surface area contributed by atoms with E-state index < -0.39 is 0 Å². The molecule has 0 aromatic heterocycles. The second kappa shape index (κ2) is 10.3. The minimum Gasteiger partial charge on any atom is -0.494 e. The summed E-state index contributed by atoms with van der Waals surface area (Å²) in [6, 6.07) is 18.5. The zero-order valence-corrected chi connectivity index (χ0v) is 19.2. The molecule has 0 bridgehead atoms. The van der Waals surface area contributed by atoms with Crippen molar-refractivity contribution >= 4 is 29.4 Å². The average molecular weight is 437 g/mol. The molecule has 0 spiro atoms. The van der Waals surface area contributed by atoms with Crippen molar-refractivity contribution in [3.8, 4) is 5.75 Å². The van der Waals surface area contributed by atoms with Gasteiger partial charge in [0.25, 0.3) is 5.91 Å². The zero-order valence-electron chi connectivity index (χ0n) is 18.4. The maximum Gasteiger partial charge on any atom is 0.262 e. The van der Waals surface area contributed by atoms with Crippen LogP contribution in [0.5, 0.6) is 5.75 Å². The minimum atomic E-state index is -0.0844. The van der Waals surface area contributed by atoms with Crippen LogP contribution in [-0.4, -0.2) is 29.0 Å². The number of nitrogens with zero attached hydrogens (tertiary/aromatic N) is 1. The Balaban J connectivity index is 1.57. The van der Waals surface area contributed by atoms with Crippen LogP contribution in [0.4, 0.5) is 5.69 Å². The Morgan fingerprint density at radius 3 is 2.55 bits per heavy atom. The Bertz CT molecular complexity index is 897. The van der Waals surface area contributed by atoms with E-state index in [-0.39, 0.29) is 17.4 Å². The van der Waals surface area contributed by atoms with Gasteiger partial charge < -0.3 is 15.0 Å². The summed E-state index contributed by atoms with van der Waals surface area (Å²) in [6.45, 7) is 5.11. The van der Waals surface area contributed by atoms with E-state index in [1.807, 2.05) is 48.5 Å². The molecule has 4 rings (SSSR count). The number of ether oxygens (including phenoxy) is 1. The molecular weight excluding hydrogens is 404 g/mol. The van der Waals surface area contributed by atoms with Crippen LogP contribution in [-0.2, 0) is 4.79 Å². The second-order valence-electron chi connectivity index (χ2n) is 8.45. The van der Waals surface area contributed by atoms with E-state index in [1.165, 1.54) is 19.3 Å². The van der Waals surface area contributed by atoms with Crippen molar-refractivity contribution in [2.45, 2.75) is 57.5 Å². The molecule has 5 heteroatoms. The maximum absolute atomic E-state index is 13.5. The molecule has 3 atom stereocenters. The first-order valence-electron chi connectivity index (χ1n) is 11.4. The number of carbonyl (C=O) groups is 1. The summed E-state index contributed by atoms with van der Waals surface area (Å²) in [6.07, 6.45) is 7.73. The van der Waals surface area contributed by atoms with Gasteiger partial charge in [-0.25, -0.2) is 0 Å². The number of thioether (sulfide) groups is 1. The fraction of sp³-hybridized carbons (Fsp3) is 0.423. The summed E-state index contributed by atoms with van der Waals surface area (Å²) in [5.74, 6) is 1.53. The molecular formula is C26H32N2O2S. The normalized spacial score (nSPS) is 25.1. The van der Waals surface area contributed by atoms with E-state index in [1.54, 1.807) is 11.8 Å². The monoisotopic (exact) mass is 436 g/mol. The lowest BCUT2D eigenvalue weighted by Crippen LogP contribution is -2.48. The standard InChI is InChI=1S/C26H32N2O2S/c1-3-17-30-22-15-13-20(14-16-22)18-24-25(29)28(23-12-8-7-9-19(23)2)26(31-24)27-21-10-5-4-6-11-21/h4-6,10-11,13-16,18-19,23,26-27H,3,7-9,12,17H2,1-2H3/b24-18-/t19-,23+,26?/m1/s1. The zero-order chi connectivity index (χ0) is 21.6. The summed E-state index contributed by atoms with van der Waals surface area (Å²) < 4.78 is 5.68. The highest BCUT2D eigenvalue weighted by Gasteiger charge is 2.42. The lowest BCUT2D eigenvalue weighted by atomic mass is 9.85. The predicted octanol–water partition coefficient (Wildman–Crippen LogP) is 6.37. The molecule has 1 amide bonds. The molecule has 2 aromatic rings. The van der Waals surface area contributed by atoms with E-state index >= 15 is 0 Å². The molecule has 2 fully saturated rings. The van der Waals surface area contributed by atoms with Gasteiger partial charge in [0, 0.05) is 11.7 Å².